The zero-order valence-corrected chi connectivity index (χ0v) is 8.99. The summed E-state index contributed by atoms with van der Waals surface area (Å²) in [5.74, 6) is 0. The first-order valence-electron chi connectivity index (χ1n) is 5.12. The van der Waals surface area contributed by atoms with Crippen molar-refractivity contribution >= 4 is 11.3 Å². The van der Waals surface area contributed by atoms with Gasteiger partial charge in [0.05, 0.1) is 0 Å². The molecule has 0 spiro atoms. The van der Waals surface area contributed by atoms with E-state index in [0.29, 0.717) is 0 Å². The van der Waals surface area contributed by atoms with E-state index in [1.807, 2.05) is 11.3 Å². The summed E-state index contributed by atoms with van der Waals surface area (Å²) in [5, 5.41) is 5.82. The minimum absolute atomic E-state index is 0.865. The van der Waals surface area contributed by atoms with Crippen LogP contribution in [0.5, 0.6) is 0 Å². The highest BCUT2D eigenvalue weighted by atomic mass is 32.1. The highest BCUT2D eigenvalue weighted by Crippen LogP contribution is 2.19. The predicted molar refractivity (Wildman–Crippen MR) is 58.4 cm³/mol. The van der Waals surface area contributed by atoms with Crippen molar-refractivity contribution in [3.63, 3.8) is 0 Å². The van der Waals surface area contributed by atoms with Crippen LogP contribution in [0, 0.1) is 6.92 Å². The molecule has 1 aliphatic carbocycles. The van der Waals surface area contributed by atoms with Crippen LogP contribution < -0.4 is 5.32 Å². The molecule has 2 rings (SSSR count). The van der Waals surface area contributed by atoms with Crippen molar-refractivity contribution in [1.82, 2.24) is 5.32 Å². The van der Waals surface area contributed by atoms with Crippen molar-refractivity contribution in [1.29, 1.82) is 0 Å². The Hall–Kier alpha value is -0.340. The Bertz CT molecular complexity index is 263. The molecule has 0 aromatic carbocycles. The summed E-state index contributed by atoms with van der Waals surface area (Å²) >= 11 is 1.86. The SMILES string of the molecule is Cc1cc(CCCNC2CC2)cs1. The number of aryl methyl sites for hydroxylation is 2. The van der Waals surface area contributed by atoms with E-state index in [1.54, 1.807) is 0 Å². The van der Waals surface area contributed by atoms with Crippen molar-refractivity contribution < 1.29 is 0 Å². The Balaban J connectivity index is 1.61. The van der Waals surface area contributed by atoms with E-state index in [0.717, 1.165) is 6.04 Å². The summed E-state index contributed by atoms with van der Waals surface area (Å²) in [4.78, 5) is 1.44. The van der Waals surface area contributed by atoms with E-state index in [1.165, 1.54) is 42.7 Å². The second-order valence-corrected chi connectivity index (χ2v) is 5.01. The molecule has 0 amide bonds. The maximum atomic E-state index is 3.54. The quantitative estimate of drug-likeness (QED) is 0.712. The molecule has 0 bridgehead atoms. The topological polar surface area (TPSA) is 12.0 Å². The first kappa shape index (κ1) is 9.22. The third-order valence-corrected chi connectivity index (χ3v) is 3.35. The van der Waals surface area contributed by atoms with Gasteiger partial charge in [-0.1, -0.05) is 0 Å². The Labute approximate surface area is 84.2 Å². The first-order valence-corrected chi connectivity index (χ1v) is 6.00. The molecule has 1 saturated carbocycles. The van der Waals surface area contributed by atoms with E-state index in [9.17, 15) is 0 Å². The normalized spacial score (nSPS) is 16.4. The molecule has 0 saturated heterocycles. The van der Waals surface area contributed by atoms with Crippen LogP contribution in [0.1, 0.15) is 29.7 Å². The van der Waals surface area contributed by atoms with Crippen LogP contribution in [0.15, 0.2) is 11.4 Å². The van der Waals surface area contributed by atoms with Gasteiger partial charge in [-0.15, -0.1) is 11.3 Å². The summed E-state index contributed by atoms with van der Waals surface area (Å²) in [6.45, 7) is 3.37. The smallest absolute Gasteiger partial charge is 0.00682 e. The maximum absolute atomic E-state index is 3.54. The number of nitrogens with one attached hydrogen (secondary N) is 1. The lowest BCUT2D eigenvalue weighted by molar-refractivity contribution is 0.646. The second-order valence-electron chi connectivity index (χ2n) is 3.90. The Morgan fingerprint density at radius 1 is 1.54 bits per heavy atom. The molecule has 1 aromatic heterocycles. The third-order valence-electron chi connectivity index (χ3n) is 2.44. The highest BCUT2D eigenvalue weighted by molar-refractivity contribution is 7.10. The summed E-state index contributed by atoms with van der Waals surface area (Å²) in [6.07, 6.45) is 5.33. The molecule has 0 unspecified atom stereocenters. The zero-order valence-electron chi connectivity index (χ0n) is 8.18. The summed E-state index contributed by atoms with van der Waals surface area (Å²) in [6, 6.07) is 3.17. The fourth-order valence-corrected chi connectivity index (χ4v) is 2.26. The van der Waals surface area contributed by atoms with Crippen molar-refractivity contribution in [3.8, 4) is 0 Å². The lowest BCUT2D eigenvalue weighted by Gasteiger charge is -2.00. The molecular weight excluding hydrogens is 178 g/mol. The number of thiophene rings is 1. The van der Waals surface area contributed by atoms with Crippen LogP contribution in [0.2, 0.25) is 0 Å². The fourth-order valence-electron chi connectivity index (χ4n) is 1.52. The molecule has 1 aromatic rings. The van der Waals surface area contributed by atoms with Crippen LogP contribution >= 0.6 is 11.3 Å². The number of hydrogen-bond acceptors (Lipinski definition) is 2. The van der Waals surface area contributed by atoms with Gasteiger partial charge in [0.15, 0.2) is 0 Å². The summed E-state index contributed by atoms with van der Waals surface area (Å²) in [5.41, 5.74) is 1.51. The van der Waals surface area contributed by atoms with Gasteiger partial charge in [0.25, 0.3) is 0 Å². The molecule has 0 radical (unpaired) electrons. The van der Waals surface area contributed by atoms with Crippen LogP contribution in [-0.4, -0.2) is 12.6 Å². The van der Waals surface area contributed by atoms with Gasteiger partial charge >= 0.3 is 0 Å². The molecule has 0 aliphatic heterocycles. The Morgan fingerprint density at radius 3 is 3.00 bits per heavy atom. The standard InChI is InChI=1S/C11H17NS/c1-9-7-10(8-13-9)3-2-6-12-11-4-5-11/h7-8,11-12H,2-6H2,1H3. The molecule has 1 heterocycles. The molecule has 13 heavy (non-hydrogen) atoms. The van der Waals surface area contributed by atoms with Crippen LogP contribution in [-0.2, 0) is 6.42 Å². The second kappa shape index (κ2) is 4.25. The largest absolute Gasteiger partial charge is 0.314 e. The first-order chi connectivity index (χ1) is 6.34. The lowest BCUT2D eigenvalue weighted by atomic mass is 10.2. The molecule has 72 valence electrons. The molecule has 1 N–H and O–H groups in total. The molecule has 2 heteroatoms. The van der Waals surface area contributed by atoms with Gasteiger partial charge in [-0.25, -0.2) is 0 Å². The molecule has 1 nitrogen and oxygen atoms in total. The van der Waals surface area contributed by atoms with E-state index < -0.39 is 0 Å². The Morgan fingerprint density at radius 2 is 2.38 bits per heavy atom. The van der Waals surface area contributed by atoms with E-state index in [4.69, 9.17) is 0 Å². The average Bonchev–Trinajstić information content (AvgIpc) is 2.84. The summed E-state index contributed by atoms with van der Waals surface area (Å²) < 4.78 is 0. The van der Waals surface area contributed by atoms with Crippen LogP contribution in [0.3, 0.4) is 0 Å². The predicted octanol–water partition coefficient (Wildman–Crippen LogP) is 2.74. The average molecular weight is 195 g/mol. The van der Waals surface area contributed by atoms with Gasteiger partial charge in [0.2, 0.25) is 0 Å². The van der Waals surface area contributed by atoms with Gasteiger partial charge in [-0.05, 0) is 56.2 Å². The minimum Gasteiger partial charge on any atom is -0.314 e. The minimum atomic E-state index is 0.865. The van der Waals surface area contributed by atoms with Gasteiger partial charge in [-0.2, -0.15) is 0 Å². The maximum Gasteiger partial charge on any atom is 0.00682 e. The number of hydrogen-bond donors (Lipinski definition) is 1. The van der Waals surface area contributed by atoms with Crippen LogP contribution in [0.4, 0.5) is 0 Å². The van der Waals surface area contributed by atoms with E-state index >= 15 is 0 Å². The molecule has 1 aliphatic rings. The highest BCUT2D eigenvalue weighted by Gasteiger charge is 2.19. The number of rotatable bonds is 5. The van der Waals surface area contributed by atoms with Gasteiger partial charge in [0.1, 0.15) is 0 Å². The lowest BCUT2D eigenvalue weighted by Crippen LogP contribution is -2.17. The van der Waals surface area contributed by atoms with Crippen LogP contribution in [0.25, 0.3) is 0 Å². The Kier molecular flexibility index (Phi) is 3.01. The van der Waals surface area contributed by atoms with Gasteiger partial charge in [0, 0.05) is 10.9 Å². The van der Waals surface area contributed by atoms with Crippen molar-refractivity contribution in [2.75, 3.05) is 6.54 Å². The monoisotopic (exact) mass is 195 g/mol. The van der Waals surface area contributed by atoms with Crippen molar-refractivity contribution in [2.24, 2.45) is 0 Å². The van der Waals surface area contributed by atoms with E-state index in [2.05, 4.69) is 23.7 Å². The van der Waals surface area contributed by atoms with Gasteiger partial charge < -0.3 is 5.32 Å². The molecular formula is C11H17NS. The zero-order chi connectivity index (χ0) is 9.10. The molecule has 1 fully saturated rings. The van der Waals surface area contributed by atoms with Crippen molar-refractivity contribution in [3.05, 3.63) is 21.9 Å². The summed E-state index contributed by atoms with van der Waals surface area (Å²) in [7, 11) is 0. The van der Waals surface area contributed by atoms with Crippen molar-refractivity contribution in [2.45, 2.75) is 38.6 Å². The fraction of sp³-hybridized carbons (Fsp3) is 0.636. The molecule has 0 atom stereocenters. The third kappa shape index (κ3) is 3.12. The van der Waals surface area contributed by atoms with Gasteiger partial charge in [-0.3, -0.25) is 0 Å². The van der Waals surface area contributed by atoms with E-state index in [-0.39, 0.29) is 0 Å².